The van der Waals surface area contributed by atoms with Gasteiger partial charge in [-0.3, -0.25) is 4.79 Å². The van der Waals surface area contributed by atoms with Crippen LogP contribution in [0.15, 0.2) is 24.3 Å². The second-order valence-corrected chi connectivity index (χ2v) is 8.89. The summed E-state index contributed by atoms with van der Waals surface area (Å²) in [7, 11) is -1.21. The standard InChI is InChI=1S/C17H24N2O4S/c1-23-16-4-2-14(3-5-16)12-17(20)19-9-7-18(8-10-19)15-6-11-24(21,22)13-15/h2-5,15H,6-13H2,1H3/p+1/t15-/m1/s1. The van der Waals surface area contributed by atoms with Gasteiger partial charge >= 0.3 is 0 Å². The molecule has 0 unspecified atom stereocenters. The molecule has 1 amide bonds. The maximum atomic E-state index is 12.4. The normalized spacial score (nSPS) is 24.0. The van der Waals surface area contributed by atoms with Crippen molar-refractivity contribution >= 4 is 15.7 Å². The molecule has 1 atom stereocenters. The van der Waals surface area contributed by atoms with Crippen molar-refractivity contribution in [1.29, 1.82) is 0 Å². The van der Waals surface area contributed by atoms with Crippen LogP contribution >= 0.6 is 0 Å². The van der Waals surface area contributed by atoms with Crippen molar-refractivity contribution in [3.63, 3.8) is 0 Å². The lowest BCUT2D eigenvalue weighted by atomic mass is 10.1. The lowest BCUT2D eigenvalue weighted by Crippen LogP contribution is -3.18. The highest BCUT2D eigenvalue weighted by Crippen LogP contribution is 2.13. The van der Waals surface area contributed by atoms with Gasteiger partial charge in [0, 0.05) is 6.42 Å². The van der Waals surface area contributed by atoms with E-state index in [0.717, 1.165) is 30.8 Å². The molecule has 2 aliphatic rings. The minimum atomic E-state index is -2.83. The van der Waals surface area contributed by atoms with Gasteiger partial charge in [-0.1, -0.05) is 12.1 Å². The molecule has 2 fully saturated rings. The summed E-state index contributed by atoms with van der Waals surface area (Å²) in [6.45, 7) is 3.10. The van der Waals surface area contributed by atoms with E-state index in [1.54, 1.807) is 7.11 Å². The van der Waals surface area contributed by atoms with Crippen molar-refractivity contribution in [2.75, 3.05) is 44.8 Å². The van der Waals surface area contributed by atoms with Crippen molar-refractivity contribution < 1.29 is 22.8 Å². The van der Waals surface area contributed by atoms with Crippen LogP contribution in [0.1, 0.15) is 12.0 Å². The van der Waals surface area contributed by atoms with Gasteiger partial charge in [0.25, 0.3) is 0 Å². The first-order valence-electron chi connectivity index (χ1n) is 8.42. The van der Waals surface area contributed by atoms with E-state index in [9.17, 15) is 13.2 Å². The van der Waals surface area contributed by atoms with E-state index in [1.165, 1.54) is 4.90 Å². The first-order valence-corrected chi connectivity index (χ1v) is 10.2. The summed E-state index contributed by atoms with van der Waals surface area (Å²) in [5, 5.41) is 0. The number of rotatable bonds is 4. The molecule has 0 saturated carbocycles. The predicted octanol–water partition coefficient (Wildman–Crippen LogP) is -0.848. The van der Waals surface area contributed by atoms with Crippen LogP contribution in [0.2, 0.25) is 0 Å². The number of methoxy groups -OCH3 is 1. The molecule has 24 heavy (non-hydrogen) atoms. The quantitative estimate of drug-likeness (QED) is 0.766. The zero-order chi connectivity index (χ0) is 17.2. The average Bonchev–Trinajstić information content (AvgIpc) is 2.95. The molecule has 1 aromatic rings. The van der Waals surface area contributed by atoms with Gasteiger partial charge in [-0.05, 0) is 17.7 Å². The Morgan fingerprint density at radius 3 is 2.46 bits per heavy atom. The Morgan fingerprint density at radius 1 is 1.25 bits per heavy atom. The second-order valence-electron chi connectivity index (χ2n) is 6.66. The fourth-order valence-corrected chi connectivity index (χ4v) is 5.42. The molecular formula is C17H25N2O4S+. The van der Waals surface area contributed by atoms with Gasteiger partial charge in [0.15, 0.2) is 9.84 Å². The van der Waals surface area contributed by atoms with Gasteiger partial charge < -0.3 is 14.5 Å². The molecule has 0 spiro atoms. The molecule has 1 N–H and O–H groups in total. The summed E-state index contributed by atoms with van der Waals surface area (Å²) in [4.78, 5) is 15.7. The average molecular weight is 353 g/mol. The van der Waals surface area contributed by atoms with E-state index in [2.05, 4.69) is 0 Å². The number of benzene rings is 1. The number of sulfone groups is 1. The summed E-state index contributed by atoms with van der Waals surface area (Å²) in [6, 6.07) is 7.79. The molecular weight excluding hydrogens is 328 g/mol. The summed E-state index contributed by atoms with van der Waals surface area (Å²) in [5.41, 5.74) is 0.984. The third-order valence-electron chi connectivity index (χ3n) is 5.08. The monoisotopic (exact) mass is 353 g/mol. The molecule has 0 aliphatic carbocycles. The third-order valence-corrected chi connectivity index (χ3v) is 6.85. The molecule has 0 bridgehead atoms. The van der Waals surface area contributed by atoms with Gasteiger partial charge in [0.1, 0.15) is 17.5 Å². The largest absolute Gasteiger partial charge is 0.497 e. The van der Waals surface area contributed by atoms with Crippen LogP contribution in [0.4, 0.5) is 0 Å². The topological polar surface area (TPSA) is 68.1 Å². The van der Waals surface area contributed by atoms with Gasteiger partial charge in [-0.25, -0.2) is 8.42 Å². The van der Waals surface area contributed by atoms with Gasteiger partial charge in [0.2, 0.25) is 5.91 Å². The van der Waals surface area contributed by atoms with Gasteiger partial charge in [-0.2, -0.15) is 0 Å². The number of piperazine rings is 1. The maximum Gasteiger partial charge on any atom is 0.227 e. The number of ether oxygens (including phenoxy) is 1. The van der Waals surface area contributed by atoms with Crippen molar-refractivity contribution in [2.45, 2.75) is 18.9 Å². The molecule has 1 aromatic carbocycles. The molecule has 2 heterocycles. The van der Waals surface area contributed by atoms with Crippen molar-refractivity contribution in [2.24, 2.45) is 0 Å². The Hall–Kier alpha value is -1.60. The van der Waals surface area contributed by atoms with E-state index in [0.29, 0.717) is 31.0 Å². The molecule has 0 radical (unpaired) electrons. The van der Waals surface area contributed by atoms with E-state index < -0.39 is 9.84 Å². The summed E-state index contributed by atoms with van der Waals surface area (Å²) in [5.74, 6) is 1.55. The summed E-state index contributed by atoms with van der Waals surface area (Å²) < 4.78 is 28.4. The fraction of sp³-hybridized carbons (Fsp3) is 0.588. The maximum absolute atomic E-state index is 12.4. The number of amides is 1. The lowest BCUT2D eigenvalue weighted by Gasteiger charge is -2.35. The highest BCUT2D eigenvalue weighted by molar-refractivity contribution is 7.91. The Kier molecular flexibility index (Phi) is 5.10. The molecule has 6 nitrogen and oxygen atoms in total. The zero-order valence-electron chi connectivity index (χ0n) is 14.0. The summed E-state index contributed by atoms with van der Waals surface area (Å²) in [6.07, 6.45) is 1.16. The predicted molar refractivity (Wildman–Crippen MR) is 91.0 cm³/mol. The third kappa shape index (κ3) is 4.08. The smallest absolute Gasteiger partial charge is 0.227 e. The van der Waals surface area contributed by atoms with Gasteiger partial charge in [0.05, 0.1) is 45.5 Å². The highest BCUT2D eigenvalue weighted by Gasteiger charge is 2.37. The molecule has 7 heteroatoms. The molecule has 0 aromatic heterocycles. The second kappa shape index (κ2) is 7.11. The van der Waals surface area contributed by atoms with E-state index in [1.807, 2.05) is 29.2 Å². The van der Waals surface area contributed by atoms with Crippen LogP contribution in [0, 0.1) is 0 Å². The number of hydrogen-bond acceptors (Lipinski definition) is 4. The molecule has 2 saturated heterocycles. The van der Waals surface area contributed by atoms with E-state index >= 15 is 0 Å². The van der Waals surface area contributed by atoms with Gasteiger partial charge in [-0.15, -0.1) is 0 Å². The minimum Gasteiger partial charge on any atom is -0.497 e. The van der Waals surface area contributed by atoms with Crippen molar-refractivity contribution in [3.05, 3.63) is 29.8 Å². The van der Waals surface area contributed by atoms with Crippen molar-refractivity contribution in [1.82, 2.24) is 4.90 Å². The van der Waals surface area contributed by atoms with Crippen LogP contribution in [0.3, 0.4) is 0 Å². The van der Waals surface area contributed by atoms with Crippen LogP contribution in [-0.2, 0) is 21.1 Å². The number of carbonyl (C=O) groups is 1. The number of carbonyl (C=O) groups excluding carboxylic acids is 1. The molecule has 3 rings (SSSR count). The van der Waals surface area contributed by atoms with E-state index in [4.69, 9.17) is 4.74 Å². The number of hydrogen-bond donors (Lipinski definition) is 1. The Morgan fingerprint density at radius 2 is 1.92 bits per heavy atom. The van der Waals surface area contributed by atoms with Crippen LogP contribution in [0.25, 0.3) is 0 Å². The molecule has 132 valence electrons. The first-order chi connectivity index (χ1) is 11.5. The minimum absolute atomic E-state index is 0.137. The lowest BCUT2D eigenvalue weighted by molar-refractivity contribution is -0.925. The zero-order valence-corrected chi connectivity index (χ0v) is 14.8. The van der Waals surface area contributed by atoms with Crippen LogP contribution in [-0.4, -0.2) is 70.1 Å². The Bertz CT molecular complexity index is 679. The van der Waals surface area contributed by atoms with Crippen LogP contribution < -0.4 is 9.64 Å². The van der Waals surface area contributed by atoms with Crippen LogP contribution in [0.5, 0.6) is 5.75 Å². The SMILES string of the molecule is COc1ccc(CC(=O)N2CC[NH+]([C@@H]3CCS(=O)(=O)C3)CC2)cc1. The summed E-state index contributed by atoms with van der Waals surface area (Å²) >= 11 is 0. The van der Waals surface area contributed by atoms with Crippen molar-refractivity contribution in [3.8, 4) is 5.75 Å². The number of quaternary nitrogens is 1. The number of nitrogens with zero attached hydrogens (tertiary/aromatic N) is 1. The van der Waals surface area contributed by atoms with E-state index in [-0.39, 0.29) is 11.9 Å². The first kappa shape index (κ1) is 17.2. The fourth-order valence-electron chi connectivity index (χ4n) is 3.60. The Labute approximate surface area is 143 Å². The number of nitrogens with one attached hydrogen (secondary N) is 1. The molecule has 2 aliphatic heterocycles. The highest BCUT2D eigenvalue weighted by atomic mass is 32.2. The Balaban J connectivity index is 1.49.